The van der Waals surface area contributed by atoms with Gasteiger partial charge < -0.3 is 5.32 Å². The van der Waals surface area contributed by atoms with Gasteiger partial charge in [0.25, 0.3) is 0 Å². The Balaban J connectivity index is 2.13. The normalized spacial score (nSPS) is 12.4. The summed E-state index contributed by atoms with van der Waals surface area (Å²) in [7, 11) is 0. The van der Waals surface area contributed by atoms with E-state index in [2.05, 4.69) is 15.3 Å². The summed E-state index contributed by atoms with van der Waals surface area (Å²) in [6.07, 6.45) is 3.28. The molecule has 1 atom stereocenters. The fourth-order valence-corrected chi connectivity index (χ4v) is 1.85. The lowest BCUT2D eigenvalue weighted by molar-refractivity contribution is 0.621. The third-order valence-electron chi connectivity index (χ3n) is 1.93. The third kappa shape index (κ3) is 2.30. The highest BCUT2D eigenvalue weighted by atomic mass is 32.1. The molecular weight excluding hydrogens is 213 g/mol. The van der Waals surface area contributed by atoms with Crippen LogP contribution in [0.15, 0.2) is 29.9 Å². The van der Waals surface area contributed by atoms with Gasteiger partial charge in [-0.05, 0) is 19.1 Å². The maximum Gasteiger partial charge on any atom is 0.165 e. The molecule has 0 spiro atoms. The van der Waals surface area contributed by atoms with E-state index in [1.165, 1.54) is 17.4 Å². The van der Waals surface area contributed by atoms with E-state index in [9.17, 15) is 4.39 Å². The van der Waals surface area contributed by atoms with Crippen LogP contribution in [0.1, 0.15) is 18.0 Å². The smallest absolute Gasteiger partial charge is 0.165 e. The monoisotopic (exact) mass is 223 g/mol. The lowest BCUT2D eigenvalue weighted by atomic mass is 10.3. The summed E-state index contributed by atoms with van der Waals surface area (Å²) < 4.78 is 13.2. The molecule has 2 aromatic heterocycles. The molecule has 1 unspecified atom stereocenters. The molecule has 0 aliphatic heterocycles. The minimum Gasteiger partial charge on any atom is -0.359 e. The number of aromatic nitrogens is 2. The topological polar surface area (TPSA) is 37.8 Å². The first kappa shape index (κ1) is 10.0. The fourth-order valence-electron chi connectivity index (χ4n) is 1.21. The predicted octanol–water partition coefficient (Wildman–Crippen LogP) is 2.85. The van der Waals surface area contributed by atoms with Crippen molar-refractivity contribution in [1.29, 1.82) is 0 Å². The molecule has 0 radical (unpaired) electrons. The number of nitrogens with zero attached hydrogens (tertiary/aromatic N) is 2. The average Bonchev–Trinajstić information content (AvgIpc) is 2.74. The van der Waals surface area contributed by atoms with Gasteiger partial charge in [-0.1, -0.05) is 0 Å². The Morgan fingerprint density at radius 1 is 1.40 bits per heavy atom. The summed E-state index contributed by atoms with van der Waals surface area (Å²) in [6.45, 7) is 1.92. The van der Waals surface area contributed by atoms with Gasteiger partial charge in [-0.2, -0.15) is 0 Å². The molecule has 2 heterocycles. The molecule has 5 heteroatoms. The summed E-state index contributed by atoms with van der Waals surface area (Å²) in [5.74, 6) is -0.0823. The number of hydrogen-bond acceptors (Lipinski definition) is 4. The first-order chi connectivity index (χ1) is 7.27. The van der Waals surface area contributed by atoms with Crippen molar-refractivity contribution in [1.82, 2.24) is 9.97 Å². The maximum absolute atomic E-state index is 13.2. The summed E-state index contributed by atoms with van der Waals surface area (Å²) in [6, 6.07) is 2.91. The Morgan fingerprint density at radius 3 is 2.93 bits per heavy atom. The van der Waals surface area contributed by atoms with Gasteiger partial charge in [0.2, 0.25) is 0 Å². The van der Waals surface area contributed by atoms with Gasteiger partial charge in [-0.25, -0.2) is 14.4 Å². The number of rotatable bonds is 3. The Kier molecular flexibility index (Phi) is 2.91. The first-order valence-electron chi connectivity index (χ1n) is 4.54. The van der Waals surface area contributed by atoms with E-state index in [0.717, 1.165) is 5.01 Å². The van der Waals surface area contributed by atoms with E-state index in [-0.39, 0.29) is 17.7 Å². The number of hydrogen-bond donors (Lipinski definition) is 1. The van der Waals surface area contributed by atoms with Crippen LogP contribution in [0.4, 0.5) is 10.2 Å². The van der Waals surface area contributed by atoms with Gasteiger partial charge >= 0.3 is 0 Å². The van der Waals surface area contributed by atoms with Gasteiger partial charge in [-0.15, -0.1) is 11.3 Å². The number of anilines is 1. The van der Waals surface area contributed by atoms with Crippen LogP contribution in [0.3, 0.4) is 0 Å². The first-order valence-corrected chi connectivity index (χ1v) is 5.42. The molecule has 0 amide bonds. The van der Waals surface area contributed by atoms with Gasteiger partial charge in [-0.3, -0.25) is 0 Å². The number of thiazole rings is 1. The highest BCUT2D eigenvalue weighted by Crippen LogP contribution is 2.20. The zero-order valence-corrected chi connectivity index (χ0v) is 8.96. The predicted molar refractivity (Wildman–Crippen MR) is 58.3 cm³/mol. The molecule has 0 aliphatic rings. The maximum atomic E-state index is 13.2. The minimum atomic E-state index is -0.346. The molecule has 0 aliphatic carbocycles. The van der Waals surface area contributed by atoms with Crippen molar-refractivity contribution in [3.8, 4) is 0 Å². The SMILES string of the molecule is CC(Nc1ncccc1F)c1nccs1. The van der Waals surface area contributed by atoms with Crippen molar-refractivity contribution < 1.29 is 4.39 Å². The van der Waals surface area contributed by atoms with E-state index < -0.39 is 0 Å². The Bertz CT molecular complexity index is 430. The van der Waals surface area contributed by atoms with Crippen LogP contribution in [-0.2, 0) is 0 Å². The third-order valence-corrected chi connectivity index (χ3v) is 2.89. The molecule has 78 valence electrons. The molecule has 3 nitrogen and oxygen atoms in total. The molecule has 1 N–H and O–H groups in total. The number of nitrogens with one attached hydrogen (secondary N) is 1. The van der Waals surface area contributed by atoms with Crippen LogP contribution in [0.25, 0.3) is 0 Å². The fraction of sp³-hybridized carbons (Fsp3) is 0.200. The van der Waals surface area contributed by atoms with E-state index in [0.29, 0.717) is 0 Å². The van der Waals surface area contributed by atoms with Crippen LogP contribution in [0, 0.1) is 5.82 Å². The Hall–Kier alpha value is -1.49. The Morgan fingerprint density at radius 2 is 2.27 bits per heavy atom. The van der Waals surface area contributed by atoms with E-state index in [1.807, 2.05) is 12.3 Å². The van der Waals surface area contributed by atoms with Gasteiger partial charge in [0, 0.05) is 17.8 Å². The minimum absolute atomic E-state index is 0.0330. The second-order valence-electron chi connectivity index (χ2n) is 3.07. The lowest BCUT2D eigenvalue weighted by Gasteiger charge is -2.11. The van der Waals surface area contributed by atoms with E-state index in [1.54, 1.807) is 18.5 Å². The molecule has 0 fully saturated rings. The molecule has 2 aromatic rings. The zero-order valence-electron chi connectivity index (χ0n) is 8.14. The Labute approximate surface area is 91.0 Å². The van der Waals surface area contributed by atoms with Crippen LogP contribution in [-0.4, -0.2) is 9.97 Å². The van der Waals surface area contributed by atoms with Gasteiger partial charge in [0.1, 0.15) is 5.01 Å². The van der Waals surface area contributed by atoms with E-state index >= 15 is 0 Å². The standard InChI is InChI=1S/C10H10FN3S/c1-7(10-13-5-6-15-10)14-9-8(11)3-2-4-12-9/h2-7H,1H3,(H,12,14). The molecule has 15 heavy (non-hydrogen) atoms. The summed E-state index contributed by atoms with van der Waals surface area (Å²) in [5, 5.41) is 5.78. The highest BCUT2D eigenvalue weighted by Gasteiger charge is 2.10. The summed E-state index contributed by atoms with van der Waals surface area (Å²) in [5.41, 5.74) is 0. The highest BCUT2D eigenvalue weighted by molar-refractivity contribution is 7.09. The lowest BCUT2D eigenvalue weighted by Crippen LogP contribution is -2.08. The summed E-state index contributed by atoms with van der Waals surface area (Å²) in [4.78, 5) is 8.07. The van der Waals surface area contributed by atoms with Crippen molar-refractivity contribution in [2.24, 2.45) is 0 Å². The van der Waals surface area contributed by atoms with Crippen molar-refractivity contribution in [2.75, 3.05) is 5.32 Å². The molecule has 0 aromatic carbocycles. The molecule has 0 bridgehead atoms. The van der Waals surface area contributed by atoms with Crippen molar-refractivity contribution in [3.05, 3.63) is 40.7 Å². The number of pyridine rings is 1. The molecule has 0 saturated heterocycles. The largest absolute Gasteiger partial charge is 0.359 e. The summed E-state index contributed by atoms with van der Waals surface area (Å²) >= 11 is 1.53. The average molecular weight is 223 g/mol. The van der Waals surface area contributed by atoms with E-state index in [4.69, 9.17) is 0 Å². The van der Waals surface area contributed by atoms with Gasteiger partial charge in [0.15, 0.2) is 11.6 Å². The molecule has 0 saturated carbocycles. The number of halogens is 1. The molecular formula is C10H10FN3S. The zero-order chi connectivity index (χ0) is 10.7. The van der Waals surface area contributed by atoms with Crippen molar-refractivity contribution in [3.63, 3.8) is 0 Å². The van der Waals surface area contributed by atoms with Crippen LogP contribution < -0.4 is 5.32 Å². The van der Waals surface area contributed by atoms with Crippen LogP contribution in [0.2, 0.25) is 0 Å². The van der Waals surface area contributed by atoms with Gasteiger partial charge in [0.05, 0.1) is 6.04 Å². The second-order valence-corrected chi connectivity index (χ2v) is 4.00. The quantitative estimate of drug-likeness (QED) is 0.869. The second kappa shape index (κ2) is 4.35. The van der Waals surface area contributed by atoms with Crippen LogP contribution >= 0.6 is 11.3 Å². The van der Waals surface area contributed by atoms with Crippen LogP contribution in [0.5, 0.6) is 0 Å². The molecule has 2 rings (SSSR count). The van der Waals surface area contributed by atoms with Crippen molar-refractivity contribution >= 4 is 17.2 Å². The van der Waals surface area contributed by atoms with Crippen molar-refractivity contribution in [2.45, 2.75) is 13.0 Å².